The molecule has 1 heterocycles. The summed E-state index contributed by atoms with van der Waals surface area (Å²) in [6.07, 6.45) is 6.50. The van der Waals surface area contributed by atoms with Crippen LogP contribution in [0, 0.1) is 0 Å². The molecule has 0 radical (unpaired) electrons. The predicted molar refractivity (Wildman–Crippen MR) is 114 cm³/mol. The molecule has 28 heavy (non-hydrogen) atoms. The average molecular weight is 398 g/mol. The molecule has 4 nitrogen and oxygen atoms in total. The van der Waals surface area contributed by atoms with Crippen LogP contribution in [0.15, 0.2) is 46.2 Å². The Hall–Kier alpha value is -2.27. The first kappa shape index (κ1) is 19.1. The molecule has 3 aromatic rings. The van der Waals surface area contributed by atoms with Gasteiger partial charge >= 0.3 is 0 Å². The fourth-order valence-corrected chi connectivity index (χ4v) is 5.34. The Morgan fingerprint density at radius 3 is 2.21 bits per heavy atom. The molecule has 1 saturated carbocycles. The highest BCUT2D eigenvalue weighted by Crippen LogP contribution is 2.47. The second-order valence-electron chi connectivity index (χ2n) is 7.21. The summed E-state index contributed by atoms with van der Waals surface area (Å²) in [6.45, 7) is 0. The minimum atomic E-state index is 0.602. The number of H-pyrrole nitrogens is 1. The van der Waals surface area contributed by atoms with E-state index in [1.54, 1.807) is 33.1 Å². The van der Waals surface area contributed by atoms with E-state index < -0.39 is 0 Å². The van der Waals surface area contributed by atoms with Gasteiger partial charge in [-0.1, -0.05) is 49.2 Å². The standard InChI is InChI=1S/C23H27NO3S/c1-25-19-13-16(14-20(26-2)22(19)27-3)28-23-17-11-7-8-12-18(17)24-21(23)15-9-5-4-6-10-15/h7-8,11-15,24H,4-6,9-10H2,1-3H3. The second-order valence-corrected chi connectivity index (χ2v) is 8.30. The van der Waals surface area contributed by atoms with Crippen molar-refractivity contribution in [2.24, 2.45) is 0 Å². The molecule has 2 aromatic carbocycles. The molecular formula is C23H27NO3S. The quantitative estimate of drug-likeness (QED) is 0.523. The topological polar surface area (TPSA) is 43.5 Å². The van der Waals surface area contributed by atoms with Gasteiger partial charge in [-0.25, -0.2) is 0 Å². The molecule has 0 atom stereocenters. The fourth-order valence-electron chi connectivity index (χ4n) is 4.16. The summed E-state index contributed by atoms with van der Waals surface area (Å²) >= 11 is 1.78. The molecule has 1 aromatic heterocycles. The minimum Gasteiger partial charge on any atom is -0.493 e. The summed E-state index contributed by atoms with van der Waals surface area (Å²) in [6, 6.07) is 12.6. The first-order chi connectivity index (χ1) is 13.7. The van der Waals surface area contributed by atoms with Gasteiger partial charge in [-0.05, 0) is 31.0 Å². The molecule has 1 N–H and O–H groups in total. The Morgan fingerprint density at radius 2 is 1.57 bits per heavy atom. The van der Waals surface area contributed by atoms with Gasteiger partial charge in [0, 0.05) is 32.3 Å². The number of hydrogen-bond donors (Lipinski definition) is 1. The Labute approximate surface area is 170 Å². The monoisotopic (exact) mass is 397 g/mol. The Balaban J connectivity index is 1.79. The summed E-state index contributed by atoms with van der Waals surface area (Å²) in [5.74, 6) is 2.60. The summed E-state index contributed by atoms with van der Waals surface area (Å²) in [7, 11) is 4.95. The fraction of sp³-hybridized carbons (Fsp3) is 0.391. The maximum Gasteiger partial charge on any atom is 0.203 e. The van der Waals surface area contributed by atoms with Gasteiger partial charge < -0.3 is 19.2 Å². The number of aromatic amines is 1. The maximum atomic E-state index is 5.55. The average Bonchev–Trinajstić information content (AvgIpc) is 3.12. The SMILES string of the molecule is COc1cc(Sc2c(C3CCCCC3)[nH]c3ccccc23)cc(OC)c1OC. The first-order valence-corrected chi connectivity index (χ1v) is 10.6. The van der Waals surface area contributed by atoms with Gasteiger partial charge in [0.15, 0.2) is 11.5 Å². The highest BCUT2D eigenvalue weighted by atomic mass is 32.2. The van der Waals surface area contributed by atoms with E-state index in [4.69, 9.17) is 14.2 Å². The smallest absolute Gasteiger partial charge is 0.203 e. The van der Waals surface area contributed by atoms with Crippen molar-refractivity contribution >= 4 is 22.7 Å². The molecule has 5 heteroatoms. The van der Waals surface area contributed by atoms with Crippen LogP contribution in [0.5, 0.6) is 17.2 Å². The van der Waals surface area contributed by atoms with Gasteiger partial charge in [0.05, 0.1) is 21.3 Å². The minimum absolute atomic E-state index is 0.602. The molecule has 0 amide bonds. The van der Waals surface area contributed by atoms with Crippen LogP contribution in [0.25, 0.3) is 10.9 Å². The third-order valence-corrected chi connectivity index (χ3v) is 6.67. The molecular weight excluding hydrogens is 370 g/mol. The highest BCUT2D eigenvalue weighted by molar-refractivity contribution is 7.99. The highest BCUT2D eigenvalue weighted by Gasteiger charge is 2.23. The van der Waals surface area contributed by atoms with Crippen molar-refractivity contribution in [2.75, 3.05) is 21.3 Å². The zero-order valence-electron chi connectivity index (χ0n) is 16.7. The van der Waals surface area contributed by atoms with Crippen LogP contribution < -0.4 is 14.2 Å². The molecule has 0 unspecified atom stereocenters. The number of para-hydroxylation sites is 1. The third kappa shape index (κ3) is 3.55. The van der Waals surface area contributed by atoms with Crippen molar-refractivity contribution in [1.29, 1.82) is 0 Å². The van der Waals surface area contributed by atoms with E-state index in [1.807, 2.05) is 12.1 Å². The van der Waals surface area contributed by atoms with E-state index in [9.17, 15) is 0 Å². The molecule has 0 spiro atoms. The number of fused-ring (bicyclic) bond motifs is 1. The summed E-state index contributed by atoms with van der Waals surface area (Å²) < 4.78 is 16.6. The zero-order chi connectivity index (χ0) is 19.5. The van der Waals surface area contributed by atoms with Crippen LogP contribution in [0.1, 0.15) is 43.7 Å². The van der Waals surface area contributed by atoms with E-state index in [2.05, 4.69) is 29.2 Å². The Morgan fingerprint density at radius 1 is 0.893 bits per heavy atom. The lowest BCUT2D eigenvalue weighted by atomic mass is 9.87. The van der Waals surface area contributed by atoms with E-state index in [-0.39, 0.29) is 0 Å². The van der Waals surface area contributed by atoms with Crippen molar-refractivity contribution in [3.8, 4) is 17.2 Å². The van der Waals surface area contributed by atoms with E-state index >= 15 is 0 Å². The Kier molecular flexibility index (Phi) is 5.72. The Bertz CT molecular complexity index is 935. The van der Waals surface area contributed by atoms with Gasteiger partial charge in [0.25, 0.3) is 0 Å². The molecule has 0 aliphatic heterocycles. The van der Waals surface area contributed by atoms with E-state index in [0.717, 1.165) is 4.90 Å². The number of aromatic nitrogens is 1. The summed E-state index contributed by atoms with van der Waals surface area (Å²) in [4.78, 5) is 6.12. The molecule has 0 saturated heterocycles. The number of nitrogens with one attached hydrogen (secondary N) is 1. The van der Waals surface area contributed by atoms with E-state index in [1.165, 1.54) is 53.6 Å². The van der Waals surface area contributed by atoms with Crippen molar-refractivity contribution in [1.82, 2.24) is 4.98 Å². The van der Waals surface area contributed by atoms with Crippen LogP contribution in [-0.2, 0) is 0 Å². The number of methoxy groups -OCH3 is 3. The van der Waals surface area contributed by atoms with Crippen molar-refractivity contribution in [3.63, 3.8) is 0 Å². The molecule has 0 bridgehead atoms. The summed E-state index contributed by atoms with van der Waals surface area (Å²) in [5, 5.41) is 1.28. The van der Waals surface area contributed by atoms with Gasteiger partial charge in [0.2, 0.25) is 5.75 Å². The lowest BCUT2D eigenvalue weighted by Crippen LogP contribution is -2.05. The normalized spacial score (nSPS) is 15.0. The van der Waals surface area contributed by atoms with Gasteiger partial charge in [-0.15, -0.1) is 0 Å². The third-order valence-electron chi connectivity index (χ3n) is 5.56. The van der Waals surface area contributed by atoms with Crippen LogP contribution in [-0.4, -0.2) is 26.3 Å². The van der Waals surface area contributed by atoms with E-state index in [0.29, 0.717) is 23.2 Å². The lowest BCUT2D eigenvalue weighted by molar-refractivity contribution is 0.323. The molecule has 1 aliphatic carbocycles. The van der Waals surface area contributed by atoms with Gasteiger partial charge in [-0.2, -0.15) is 0 Å². The zero-order valence-corrected chi connectivity index (χ0v) is 17.5. The van der Waals surface area contributed by atoms with Crippen molar-refractivity contribution < 1.29 is 14.2 Å². The first-order valence-electron chi connectivity index (χ1n) is 9.83. The van der Waals surface area contributed by atoms with Crippen molar-refractivity contribution in [2.45, 2.75) is 47.8 Å². The molecule has 1 aliphatic rings. The maximum absolute atomic E-state index is 5.55. The number of ether oxygens (including phenoxy) is 3. The van der Waals surface area contributed by atoms with Crippen molar-refractivity contribution in [3.05, 3.63) is 42.1 Å². The second kappa shape index (κ2) is 8.39. The number of benzene rings is 2. The van der Waals surface area contributed by atoms with Crippen LogP contribution in [0.4, 0.5) is 0 Å². The van der Waals surface area contributed by atoms with Crippen LogP contribution in [0.3, 0.4) is 0 Å². The van der Waals surface area contributed by atoms with Gasteiger partial charge in [-0.3, -0.25) is 0 Å². The molecule has 1 fully saturated rings. The summed E-state index contributed by atoms with van der Waals surface area (Å²) in [5.41, 5.74) is 2.58. The molecule has 4 rings (SSSR count). The number of rotatable bonds is 6. The lowest BCUT2D eigenvalue weighted by Gasteiger charge is -2.22. The molecule has 148 valence electrons. The van der Waals surface area contributed by atoms with Crippen LogP contribution in [0.2, 0.25) is 0 Å². The van der Waals surface area contributed by atoms with Gasteiger partial charge in [0.1, 0.15) is 0 Å². The largest absolute Gasteiger partial charge is 0.493 e. The van der Waals surface area contributed by atoms with Crippen LogP contribution >= 0.6 is 11.8 Å². The number of hydrogen-bond acceptors (Lipinski definition) is 4. The predicted octanol–water partition coefficient (Wildman–Crippen LogP) is 6.39.